The first-order valence-corrected chi connectivity index (χ1v) is 9.27. The number of hydrazone groups is 1. The van der Waals surface area contributed by atoms with Gasteiger partial charge >= 0.3 is 0 Å². The maximum atomic E-state index is 9.02. The Hall–Kier alpha value is -1.75. The van der Waals surface area contributed by atoms with Gasteiger partial charge in [-0.25, -0.2) is 4.78 Å². The lowest BCUT2D eigenvalue weighted by Gasteiger charge is -2.20. The van der Waals surface area contributed by atoms with Crippen LogP contribution in [0.3, 0.4) is 0 Å². The minimum Gasteiger partial charge on any atom is -0.497 e. The largest absolute Gasteiger partial charge is 0.497 e. The summed E-state index contributed by atoms with van der Waals surface area (Å²) in [5, 5.41) is 13.4. The second kappa shape index (κ2) is 8.77. The maximum Gasteiger partial charge on any atom is 0.271 e. The monoisotopic (exact) mass is 350 g/mol. The van der Waals surface area contributed by atoms with E-state index in [1.54, 1.807) is 37.3 Å². The fraction of sp³-hybridized carbons (Fsp3) is 0.188. The minimum atomic E-state index is -1.19. The van der Waals surface area contributed by atoms with Crippen LogP contribution >= 0.6 is 19.7 Å². The number of thiol groups is 1. The summed E-state index contributed by atoms with van der Waals surface area (Å²) in [6.45, 7) is 0.0158. The van der Waals surface area contributed by atoms with E-state index < -0.39 is 7.50 Å². The van der Waals surface area contributed by atoms with Crippen LogP contribution in [0, 0.1) is 0 Å². The summed E-state index contributed by atoms with van der Waals surface area (Å²) in [6, 6.07) is 14.8. The molecule has 2 aromatic rings. The van der Waals surface area contributed by atoms with Crippen molar-refractivity contribution in [1.82, 2.24) is 4.78 Å². The predicted octanol–water partition coefficient (Wildman–Crippen LogP) is 3.69. The van der Waals surface area contributed by atoms with Crippen molar-refractivity contribution in [3.63, 3.8) is 0 Å². The van der Waals surface area contributed by atoms with Gasteiger partial charge in [-0.1, -0.05) is 24.4 Å². The fourth-order valence-electron chi connectivity index (χ4n) is 1.69. The summed E-state index contributed by atoms with van der Waals surface area (Å²) < 4.78 is 12.5. The highest BCUT2D eigenvalue weighted by Gasteiger charge is 2.11. The van der Waals surface area contributed by atoms with Crippen LogP contribution in [0.1, 0.15) is 11.1 Å². The second-order valence-corrected chi connectivity index (χ2v) is 6.95. The van der Waals surface area contributed by atoms with Crippen LogP contribution in [0.4, 0.5) is 0 Å². The molecule has 7 heteroatoms. The van der Waals surface area contributed by atoms with Crippen LogP contribution in [0.5, 0.6) is 11.5 Å². The molecule has 0 fully saturated rings. The van der Waals surface area contributed by atoms with E-state index in [1.807, 2.05) is 36.4 Å². The molecule has 122 valence electrons. The molecule has 1 atom stereocenters. The normalized spacial score (nSPS) is 12.2. The number of nitrogens with zero attached hydrogens (tertiary/aromatic N) is 2. The Labute approximate surface area is 142 Å². The van der Waals surface area contributed by atoms with Gasteiger partial charge in [0.2, 0.25) is 0 Å². The number of rotatable bonds is 7. The van der Waals surface area contributed by atoms with E-state index in [0.29, 0.717) is 5.75 Å². The average molecular weight is 350 g/mol. The molecule has 1 N–H and O–H groups in total. The molecule has 0 saturated heterocycles. The van der Waals surface area contributed by atoms with Crippen LogP contribution in [0.2, 0.25) is 0 Å². The smallest absolute Gasteiger partial charge is 0.271 e. The summed E-state index contributed by atoms with van der Waals surface area (Å²) in [5.74, 6) is 1.50. The topological polar surface area (TPSA) is 54.3 Å². The summed E-state index contributed by atoms with van der Waals surface area (Å²) in [7, 11) is 2.25. The molecule has 0 heterocycles. The quantitative estimate of drug-likeness (QED) is 0.346. The van der Waals surface area contributed by atoms with Crippen LogP contribution in [0.15, 0.2) is 53.6 Å². The average Bonchev–Trinajstić information content (AvgIpc) is 2.60. The molecule has 1 unspecified atom stereocenters. The SMILES string of the molecule is COc1ccc(/C=N/N(C)P(S)Oc2ccc(CO)cc2)cc1. The van der Waals surface area contributed by atoms with Gasteiger partial charge in [-0.15, -0.1) is 0 Å². The van der Waals surface area contributed by atoms with Crippen molar-refractivity contribution in [3.8, 4) is 11.5 Å². The number of benzene rings is 2. The van der Waals surface area contributed by atoms with Gasteiger partial charge in [0.05, 0.1) is 19.9 Å². The summed E-state index contributed by atoms with van der Waals surface area (Å²) in [4.78, 5) is 0. The zero-order valence-electron chi connectivity index (χ0n) is 13.0. The molecule has 0 radical (unpaired) electrons. The first-order valence-electron chi connectivity index (χ1n) is 6.91. The lowest BCUT2D eigenvalue weighted by Crippen LogP contribution is -2.05. The molecule has 0 amide bonds. The van der Waals surface area contributed by atoms with Crippen LogP contribution in [0.25, 0.3) is 0 Å². The standard InChI is InChI=1S/C16H19N2O3PS/c1-18(17-11-13-3-7-15(20-2)8-4-13)22(23)21-16-9-5-14(12-19)6-10-16/h3-11,19,23H,12H2,1-2H3/b17-11+. The van der Waals surface area contributed by atoms with Gasteiger partial charge in [0.15, 0.2) is 0 Å². The molecule has 5 nitrogen and oxygen atoms in total. The van der Waals surface area contributed by atoms with Gasteiger partial charge in [-0.05, 0) is 47.5 Å². The molecule has 0 aliphatic rings. The Morgan fingerprint density at radius 3 is 2.30 bits per heavy atom. The summed E-state index contributed by atoms with van der Waals surface area (Å²) in [5.41, 5.74) is 1.80. The number of hydrogen-bond donors (Lipinski definition) is 2. The van der Waals surface area contributed by atoms with E-state index in [4.69, 9.17) is 14.4 Å². The minimum absolute atomic E-state index is 0.0158. The molecule has 0 aliphatic carbocycles. The molecule has 2 rings (SSSR count). The number of aliphatic hydroxyl groups is 1. The van der Waals surface area contributed by atoms with E-state index in [-0.39, 0.29) is 6.61 Å². The number of aliphatic hydroxyl groups excluding tert-OH is 1. The molecular weight excluding hydrogens is 331 g/mol. The van der Waals surface area contributed by atoms with Gasteiger partial charge in [0.1, 0.15) is 11.5 Å². The highest BCUT2D eigenvalue weighted by Crippen LogP contribution is 2.45. The zero-order chi connectivity index (χ0) is 16.7. The molecule has 0 spiro atoms. The van der Waals surface area contributed by atoms with Crippen molar-refractivity contribution in [3.05, 3.63) is 59.7 Å². The Bertz CT molecular complexity index is 635. The third-order valence-corrected chi connectivity index (χ3v) is 5.02. The van der Waals surface area contributed by atoms with Crippen molar-refractivity contribution in [2.75, 3.05) is 14.2 Å². The van der Waals surface area contributed by atoms with E-state index >= 15 is 0 Å². The Morgan fingerprint density at radius 2 is 1.74 bits per heavy atom. The van der Waals surface area contributed by atoms with E-state index in [0.717, 1.165) is 16.9 Å². The summed E-state index contributed by atoms with van der Waals surface area (Å²) in [6.07, 6.45) is 1.74. The van der Waals surface area contributed by atoms with Crippen molar-refractivity contribution < 1.29 is 14.4 Å². The van der Waals surface area contributed by atoms with Crippen molar-refractivity contribution >= 4 is 26.0 Å². The zero-order valence-corrected chi connectivity index (χ0v) is 14.7. The molecule has 0 aliphatic heterocycles. The maximum absolute atomic E-state index is 9.02. The van der Waals surface area contributed by atoms with E-state index in [9.17, 15) is 0 Å². The van der Waals surface area contributed by atoms with Crippen molar-refractivity contribution in [2.24, 2.45) is 5.10 Å². The summed E-state index contributed by atoms with van der Waals surface area (Å²) >= 11 is 4.45. The van der Waals surface area contributed by atoms with E-state index in [2.05, 4.69) is 17.4 Å². The second-order valence-electron chi connectivity index (χ2n) is 4.65. The van der Waals surface area contributed by atoms with Crippen molar-refractivity contribution in [1.29, 1.82) is 0 Å². The van der Waals surface area contributed by atoms with Gasteiger partial charge in [-0.3, -0.25) is 0 Å². The van der Waals surface area contributed by atoms with Gasteiger partial charge < -0.3 is 14.4 Å². The molecule has 0 bridgehead atoms. The first-order chi connectivity index (χ1) is 11.1. The molecular formula is C16H19N2O3PS. The van der Waals surface area contributed by atoms with Crippen molar-refractivity contribution in [2.45, 2.75) is 6.61 Å². The molecule has 0 saturated carbocycles. The third-order valence-electron chi connectivity index (χ3n) is 3.03. The lowest BCUT2D eigenvalue weighted by molar-refractivity contribution is 0.282. The van der Waals surface area contributed by atoms with Crippen LogP contribution in [-0.2, 0) is 6.61 Å². The molecule has 0 aromatic heterocycles. The fourth-order valence-corrected chi connectivity index (χ4v) is 2.68. The number of ether oxygens (including phenoxy) is 1. The Kier molecular flexibility index (Phi) is 6.71. The van der Waals surface area contributed by atoms with Gasteiger partial charge in [0.25, 0.3) is 7.50 Å². The van der Waals surface area contributed by atoms with Crippen LogP contribution < -0.4 is 9.26 Å². The predicted molar refractivity (Wildman–Crippen MR) is 97.2 cm³/mol. The first kappa shape index (κ1) is 17.6. The molecule has 2 aromatic carbocycles. The van der Waals surface area contributed by atoms with Gasteiger partial charge in [-0.2, -0.15) is 5.10 Å². The molecule has 23 heavy (non-hydrogen) atoms. The highest BCUT2D eigenvalue weighted by molar-refractivity contribution is 8.42. The van der Waals surface area contributed by atoms with E-state index in [1.165, 1.54) is 0 Å². The van der Waals surface area contributed by atoms with Gasteiger partial charge in [0, 0.05) is 7.05 Å². The number of methoxy groups -OCH3 is 1. The lowest BCUT2D eigenvalue weighted by atomic mass is 10.2. The number of hydrogen-bond acceptors (Lipinski definition) is 6. The highest BCUT2D eigenvalue weighted by atomic mass is 32.7. The Morgan fingerprint density at radius 1 is 1.13 bits per heavy atom. The third kappa shape index (κ3) is 5.43. The van der Waals surface area contributed by atoms with Crippen LogP contribution in [-0.4, -0.2) is 30.3 Å². The Balaban J connectivity index is 1.92.